The van der Waals surface area contributed by atoms with Crippen LogP contribution in [0.3, 0.4) is 0 Å². The molecule has 1 saturated carbocycles. The van der Waals surface area contributed by atoms with E-state index in [4.69, 9.17) is 4.74 Å². The lowest BCUT2D eigenvalue weighted by Gasteiger charge is -2.16. The number of hydrogen-bond donors (Lipinski definition) is 1. The molecule has 3 heteroatoms. The Bertz CT molecular complexity index is 427. The molecule has 1 aliphatic heterocycles. The monoisotopic (exact) mass is 288 g/mol. The van der Waals surface area contributed by atoms with Crippen LogP contribution in [0.15, 0.2) is 24.3 Å². The Morgan fingerprint density at radius 2 is 2.00 bits per heavy atom. The van der Waals surface area contributed by atoms with E-state index >= 15 is 0 Å². The molecule has 1 saturated heterocycles. The summed E-state index contributed by atoms with van der Waals surface area (Å²) in [7, 11) is 0. The van der Waals surface area contributed by atoms with Crippen LogP contribution in [0.1, 0.15) is 38.2 Å². The van der Waals surface area contributed by atoms with E-state index < -0.39 is 0 Å². The van der Waals surface area contributed by atoms with E-state index in [0.717, 1.165) is 37.4 Å². The molecule has 0 aromatic heterocycles. The van der Waals surface area contributed by atoms with Crippen molar-refractivity contribution >= 4 is 0 Å². The van der Waals surface area contributed by atoms with Gasteiger partial charge in [-0.3, -0.25) is 4.90 Å². The third-order valence-electron chi connectivity index (χ3n) is 4.72. The van der Waals surface area contributed by atoms with E-state index in [1.54, 1.807) is 0 Å². The fourth-order valence-corrected chi connectivity index (χ4v) is 2.99. The molecular formula is C18H28N2O. The second kappa shape index (κ2) is 7.28. The quantitative estimate of drug-likeness (QED) is 0.795. The number of rotatable bonds is 8. The number of likely N-dealkylation sites (tertiary alicyclic amines) is 1. The lowest BCUT2D eigenvalue weighted by atomic mass is 10.1. The molecule has 21 heavy (non-hydrogen) atoms. The SMILES string of the molecule is CCC1CCN(CCOc2ccc(CNC3CC3)cc2)C1. The molecule has 1 heterocycles. The molecule has 0 radical (unpaired) electrons. The van der Waals surface area contributed by atoms with E-state index in [0.29, 0.717) is 0 Å². The van der Waals surface area contributed by atoms with Crippen LogP contribution in [0.2, 0.25) is 0 Å². The maximum atomic E-state index is 5.87. The van der Waals surface area contributed by atoms with Crippen LogP contribution in [0.5, 0.6) is 5.75 Å². The first-order valence-corrected chi connectivity index (χ1v) is 8.51. The highest BCUT2D eigenvalue weighted by atomic mass is 16.5. The van der Waals surface area contributed by atoms with Gasteiger partial charge in [0.2, 0.25) is 0 Å². The highest BCUT2D eigenvalue weighted by Gasteiger charge is 2.20. The average Bonchev–Trinajstić information content (AvgIpc) is 3.24. The number of nitrogens with one attached hydrogen (secondary N) is 1. The topological polar surface area (TPSA) is 24.5 Å². The van der Waals surface area contributed by atoms with E-state index in [1.165, 1.54) is 44.3 Å². The number of hydrogen-bond acceptors (Lipinski definition) is 3. The molecule has 0 amide bonds. The van der Waals surface area contributed by atoms with Crippen molar-refractivity contribution in [2.24, 2.45) is 5.92 Å². The van der Waals surface area contributed by atoms with E-state index in [-0.39, 0.29) is 0 Å². The molecule has 3 nitrogen and oxygen atoms in total. The summed E-state index contributed by atoms with van der Waals surface area (Å²) >= 11 is 0. The Hall–Kier alpha value is -1.06. The molecule has 1 atom stereocenters. The van der Waals surface area contributed by atoms with Gasteiger partial charge in [-0.2, -0.15) is 0 Å². The standard InChI is InChI=1S/C18H28N2O/c1-2-15-9-10-20(14-15)11-12-21-18-7-3-16(4-8-18)13-19-17-5-6-17/h3-4,7-8,15,17,19H,2,5-6,9-14H2,1H3. The van der Waals surface area contributed by atoms with Gasteiger partial charge in [0, 0.05) is 25.7 Å². The smallest absolute Gasteiger partial charge is 0.119 e. The van der Waals surface area contributed by atoms with Crippen molar-refractivity contribution in [3.8, 4) is 5.75 Å². The zero-order valence-corrected chi connectivity index (χ0v) is 13.2. The molecule has 3 rings (SSSR count). The van der Waals surface area contributed by atoms with Gasteiger partial charge in [0.25, 0.3) is 0 Å². The van der Waals surface area contributed by atoms with Gasteiger partial charge in [0.1, 0.15) is 12.4 Å². The Morgan fingerprint density at radius 1 is 1.19 bits per heavy atom. The molecule has 116 valence electrons. The summed E-state index contributed by atoms with van der Waals surface area (Å²) in [5.74, 6) is 1.90. The zero-order valence-electron chi connectivity index (χ0n) is 13.2. The van der Waals surface area contributed by atoms with Crippen LogP contribution in [-0.2, 0) is 6.54 Å². The van der Waals surface area contributed by atoms with Crippen LogP contribution in [0, 0.1) is 5.92 Å². The second-order valence-corrected chi connectivity index (χ2v) is 6.51. The van der Waals surface area contributed by atoms with Gasteiger partial charge in [-0.05, 0) is 49.4 Å². The van der Waals surface area contributed by atoms with Crippen LogP contribution in [0.4, 0.5) is 0 Å². The minimum absolute atomic E-state index is 0.772. The third-order valence-corrected chi connectivity index (χ3v) is 4.72. The van der Waals surface area contributed by atoms with Crippen LogP contribution < -0.4 is 10.1 Å². The Morgan fingerprint density at radius 3 is 2.67 bits per heavy atom. The largest absolute Gasteiger partial charge is 0.492 e. The Kier molecular flexibility index (Phi) is 5.15. The molecule has 0 bridgehead atoms. The molecule has 2 aliphatic rings. The minimum Gasteiger partial charge on any atom is -0.492 e. The highest BCUT2D eigenvalue weighted by molar-refractivity contribution is 5.27. The minimum atomic E-state index is 0.772. The molecule has 1 aromatic rings. The fourth-order valence-electron chi connectivity index (χ4n) is 2.99. The van der Waals surface area contributed by atoms with Gasteiger partial charge in [-0.1, -0.05) is 25.5 Å². The van der Waals surface area contributed by atoms with Gasteiger partial charge >= 0.3 is 0 Å². The fraction of sp³-hybridized carbons (Fsp3) is 0.667. The highest BCUT2D eigenvalue weighted by Crippen LogP contribution is 2.20. The van der Waals surface area contributed by atoms with Crippen molar-refractivity contribution in [3.63, 3.8) is 0 Å². The molecule has 1 aromatic carbocycles. The van der Waals surface area contributed by atoms with Crippen LogP contribution >= 0.6 is 0 Å². The van der Waals surface area contributed by atoms with Crippen LogP contribution in [0.25, 0.3) is 0 Å². The average molecular weight is 288 g/mol. The maximum absolute atomic E-state index is 5.87. The van der Waals surface area contributed by atoms with E-state index in [2.05, 4.69) is 41.4 Å². The van der Waals surface area contributed by atoms with Crippen molar-refractivity contribution in [2.45, 2.75) is 45.2 Å². The summed E-state index contributed by atoms with van der Waals surface area (Å²) < 4.78 is 5.87. The molecule has 2 fully saturated rings. The predicted molar refractivity (Wildman–Crippen MR) is 86.6 cm³/mol. The number of benzene rings is 1. The van der Waals surface area contributed by atoms with Crippen LogP contribution in [-0.4, -0.2) is 37.2 Å². The van der Waals surface area contributed by atoms with Gasteiger partial charge in [-0.25, -0.2) is 0 Å². The van der Waals surface area contributed by atoms with E-state index in [1.807, 2.05) is 0 Å². The summed E-state index contributed by atoms with van der Waals surface area (Å²) in [6, 6.07) is 9.32. The van der Waals surface area contributed by atoms with Gasteiger partial charge in [0.05, 0.1) is 0 Å². The summed E-state index contributed by atoms with van der Waals surface area (Å²) in [5.41, 5.74) is 1.35. The lowest BCUT2D eigenvalue weighted by Crippen LogP contribution is -2.26. The van der Waals surface area contributed by atoms with Gasteiger partial charge in [0.15, 0.2) is 0 Å². The molecular weight excluding hydrogens is 260 g/mol. The molecule has 1 aliphatic carbocycles. The first-order chi connectivity index (χ1) is 10.3. The summed E-state index contributed by atoms with van der Waals surface area (Å²) in [5, 5.41) is 3.53. The first kappa shape index (κ1) is 14.9. The molecule has 0 spiro atoms. The summed E-state index contributed by atoms with van der Waals surface area (Å²) in [6.07, 6.45) is 5.36. The molecule has 1 N–H and O–H groups in total. The van der Waals surface area contributed by atoms with Gasteiger partial charge < -0.3 is 10.1 Å². The van der Waals surface area contributed by atoms with Crippen molar-refractivity contribution < 1.29 is 4.74 Å². The van der Waals surface area contributed by atoms with Crippen molar-refractivity contribution in [3.05, 3.63) is 29.8 Å². The normalized spacial score (nSPS) is 22.6. The lowest BCUT2D eigenvalue weighted by molar-refractivity contribution is 0.232. The van der Waals surface area contributed by atoms with Crippen molar-refractivity contribution in [1.82, 2.24) is 10.2 Å². The third kappa shape index (κ3) is 4.72. The zero-order chi connectivity index (χ0) is 14.5. The Balaban J connectivity index is 1.35. The summed E-state index contributed by atoms with van der Waals surface area (Å²) in [4.78, 5) is 2.53. The Labute approximate surface area is 128 Å². The number of nitrogens with zero attached hydrogens (tertiary/aromatic N) is 1. The maximum Gasteiger partial charge on any atom is 0.119 e. The van der Waals surface area contributed by atoms with Crippen molar-refractivity contribution in [2.75, 3.05) is 26.2 Å². The molecule has 1 unspecified atom stereocenters. The summed E-state index contributed by atoms with van der Waals surface area (Å²) in [6.45, 7) is 7.64. The predicted octanol–water partition coefficient (Wildman–Crippen LogP) is 3.05. The second-order valence-electron chi connectivity index (χ2n) is 6.51. The van der Waals surface area contributed by atoms with Gasteiger partial charge in [-0.15, -0.1) is 0 Å². The van der Waals surface area contributed by atoms with Crippen molar-refractivity contribution in [1.29, 1.82) is 0 Å². The first-order valence-electron chi connectivity index (χ1n) is 8.51. The number of ether oxygens (including phenoxy) is 1. The van der Waals surface area contributed by atoms with E-state index in [9.17, 15) is 0 Å².